The standard InChI is InChI=1S/C21H27N3.2ClH/c1-3-19(23-13-11-22-12-14-23)16-9-10-21-18(15-16)17-7-5-6-8-20(17)24(21)4-2;;/h5-10,15,19,22H,3-4,11-14H2,1-2H3;2*1H/t19-;;/m0../s1. The first-order chi connectivity index (χ1) is 11.8. The minimum absolute atomic E-state index is 0. The fourth-order valence-corrected chi connectivity index (χ4v) is 4.32. The molecular formula is C21H29Cl2N3. The Kier molecular flexibility index (Phi) is 7.36. The zero-order valence-electron chi connectivity index (χ0n) is 15.6. The first-order valence-electron chi connectivity index (χ1n) is 9.29. The molecule has 1 N–H and O–H groups in total. The van der Waals surface area contributed by atoms with Crippen LogP contribution in [0.5, 0.6) is 0 Å². The monoisotopic (exact) mass is 393 g/mol. The smallest absolute Gasteiger partial charge is 0.0491 e. The van der Waals surface area contributed by atoms with Crippen molar-refractivity contribution >= 4 is 46.6 Å². The van der Waals surface area contributed by atoms with Crippen molar-refractivity contribution in [2.45, 2.75) is 32.9 Å². The Morgan fingerprint density at radius 1 is 0.923 bits per heavy atom. The molecule has 1 saturated heterocycles. The van der Waals surface area contributed by atoms with E-state index in [4.69, 9.17) is 0 Å². The number of halogens is 2. The van der Waals surface area contributed by atoms with E-state index < -0.39 is 0 Å². The van der Waals surface area contributed by atoms with Crippen LogP contribution in [-0.2, 0) is 6.54 Å². The molecular weight excluding hydrogens is 365 g/mol. The third-order valence-corrected chi connectivity index (χ3v) is 5.48. The second-order valence-corrected chi connectivity index (χ2v) is 6.75. The van der Waals surface area contributed by atoms with E-state index in [1.165, 1.54) is 27.4 Å². The molecule has 4 rings (SSSR count). The quantitative estimate of drug-likeness (QED) is 0.671. The first kappa shape index (κ1) is 21.0. The van der Waals surface area contributed by atoms with Crippen LogP contribution in [0.15, 0.2) is 42.5 Å². The number of aryl methyl sites for hydroxylation is 1. The van der Waals surface area contributed by atoms with Crippen molar-refractivity contribution in [3.8, 4) is 0 Å². The van der Waals surface area contributed by atoms with Crippen LogP contribution in [0, 0.1) is 0 Å². The Bertz CT molecular complexity index is 853. The molecule has 26 heavy (non-hydrogen) atoms. The SMILES string of the molecule is CC[C@@H](c1ccc2c(c1)c1ccccc1n2CC)N1CCNCC1.Cl.Cl. The number of hydrogen-bond donors (Lipinski definition) is 1. The van der Waals surface area contributed by atoms with Gasteiger partial charge in [0.05, 0.1) is 0 Å². The number of hydrogen-bond acceptors (Lipinski definition) is 2. The van der Waals surface area contributed by atoms with E-state index in [0.29, 0.717) is 6.04 Å². The predicted octanol–water partition coefficient (Wildman–Crippen LogP) is 5.01. The minimum Gasteiger partial charge on any atom is -0.341 e. The van der Waals surface area contributed by atoms with E-state index in [2.05, 4.69) is 71.1 Å². The Morgan fingerprint density at radius 3 is 2.31 bits per heavy atom. The Balaban J connectivity index is 0.00000121. The van der Waals surface area contributed by atoms with Crippen molar-refractivity contribution in [1.82, 2.24) is 14.8 Å². The van der Waals surface area contributed by atoms with Gasteiger partial charge in [-0.05, 0) is 37.1 Å². The van der Waals surface area contributed by atoms with Crippen LogP contribution in [0.3, 0.4) is 0 Å². The zero-order chi connectivity index (χ0) is 16.5. The average molecular weight is 394 g/mol. The molecule has 0 aliphatic carbocycles. The maximum Gasteiger partial charge on any atom is 0.0491 e. The highest BCUT2D eigenvalue weighted by Gasteiger charge is 2.21. The van der Waals surface area contributed by atoms with Gasteiger partial charge in [-0.2, -0.15) is 0 Å². The topological polar surface area (TPSA) is 20.2 Å². The van der Waals surface area contributed by atoms with Gasteiger partial charge in [-0.25, -0.2) is 0 Å². The van der Waals surface area contributed by atoms with Crippen molar-refractivity contribution in [2.75, 3.05) is 26.2 Å². The highest BCUT2D eigenvalue weighted by Crippen LogP contribution is 2.33. The second kappa shape index (κ2) is 9.09. The molecule has 1 aliphatic heterocycles. The van der Waals surface area contributed by atoms with Gasteiger partial charge < -0.3 is 9.88 Å². The summed E-state index contributed by atoms with van der Waals surface area (Å²) in [5.41, 5.74) is 4.17. The summed E-state index contributed by atoms with van der Waals surface area (Å²) in [6, 6.07) is 16.5. The molecule has 0 amide bonds. The molecule has 142 valence electrons. The van der Waals surface area contributed by atoms with E-state index in [0.717, 1.165) is 39.1 Å². The van der Waals surface area contributed by atoms with E-state index in [1.807, 2.05) is 0 Å². The maximum absolute atomic E-state index is 3.46. The van der Waals surface area contributed by atoms with Crippen LogP contribution in [-0.4, -0.2) is 35.6 Å². The summed E-state index contributed by atoms with van der Waals surface area (Å²) in [4.78, 5) is 2.64. The molecule has 0 bridgehead atoms. The van der Waals surface area contributed by atoms with E-state index in [-0.39, 0.29) is 24.8 Å². The van der Waals surface area contributed by atoms with E-state index in [1.54, 1.807) is 0 Å². The highest BCUT2D eigenvalue weighted by molar-refractivity contribution is 6.08. The normalized spacial score (nSPS) is 16.2. The molecule has 0 unspecified atom stereocenters. The van der Waals surface area contributed by atoms with Gasteiger partial charge in [0.15, 0.2) is 0 Å². The van der Waals surface area contributed by atoms with Crippen molar-refractivity contribution in [1.29, 1.82) is 0 Å². The Hall–Kier alpha value is -1.26. The van der Waals surface area contributed by atoms with Gasteiger partial charge >= 0.3 is 0 Å². The van der Waals surface area contributed by atoms with Crippen LogP contribution in [0.2, 0.25) is 0 Å². The summed E-state index contributed by atoms with van der Waals surface area (Å²) in [7, 11) is 0. The highest BCUT2D eigenvalue weighted by atomic mass is 35.5. The molecule has 5 heteroatoms. The number of nitrogens with zero attached hydrogens (tertiary/aromatic N) is 2. The summed E-state index contributed by atoms with van der Waals surface area (Å²) in [5, 5.41) is 6.25. The lowest BCUT2D eigenvalue weighted by Gasteiger charge is -2.34. The number of para-hydroxylation sites is 1. The molecule has 0 radical (unpaired) electrons. The Labute approximate surface area is 168 Å². The molecule has 1 atom stereocenters. The average Bonchev–Trinajstić information content (AvgIpc) is 2.96. The van der Waals surface area contributed by atoms with Crippen molar-refractivity contribution in [3.05, 3.63) is 48.0 Å². The fourth-order valence-electron chi connectivity index (χ4n) is 4.32. The number of aromatic nitrogens is 1. The minimum atomic E-state index is 0. The molecule has 1 aromatic heterocycles. The summed E-state index contributed by atoms with van der Waals surface area (Å²) >= 11 is 0. The van der Waals surface area contributed by atoms with E-state index >= 15 is 0 Å². The van der Waals surface area contributed by atoms with Crippen LogP contribution in [0.1, 0.15) is 31.9 Å². The summed E-state index contributed by atoms with van der Waals surface area (Å²) in [5.74, 6) is 0. The van der Waals surface area contributed by atoms with Gasteiger partial charge in [0, 0.05) is 60.6 Å². The van der Waals surface area contributed by atoms with Crippen molar-refractivity contribution < 1.29 is 0 Å². The first-order valence-corrected chi connectivity index (χ1v) is 9.29. The third kappa shape index (κ3) is 3.59. The number of fused-ring (bicyclic) bond motifs is 3. The molecule has 3 aromatic rings. The number of rotatable bonds is 4. The van der Waals surface area contributed by atoms with Gasteiger partial charge in [0.2, 0.25) is 0 Å². The van der Waals surface area contributed by atoms with Gasteiger partial charge in [0.25, 0.3) is 0 Å². The largest absolute Gasteiger partial charge is 0.341 e. The predicted molar refractivity (Wildman–Crippen MR) is 117 cm³/mol. The summed E-state index contributed by atoms with van der Waals surface area (Å²) in [6.45, 7) is 10.1. The molecule has 1 fully saturated rings. The second-order valence-electron chi connectivity index (χ2n) is 6.75. The van der Waals surface area contributed by atoms with Gasteiger partial charge in [-0.1, -0.05) is 31.2 Å². The molecule has 0 saturated carbocycles. The van der Waals surface area contributed by atoms with E-state index in [9.17, 15) is 0 Å². The van der Waals surface area contributed by atoms with Crippen LogP contribution >= 0.6 is 24.8 Å². The fraction of sp³-hybridized carbons (Fsp3) is 0.429. The number of nitrogens with one attached hydrogen (secondary N) is 1. The van der Waals surface area contributed by atoms with Crippen LogP contribution in [0.25, 0.3) is 21.8 Å². The van der Waals surface area contributed by atoms with Crippen LogP contribution < -0.4 is 5.32 Å². The molecule has 1 aliphatic rings. The Morgan fingerprint density at radius 2 is 1.62 bits per heavy atom. The zero-order valence-corrected chi connectivity index (χ0v) is 17.2. The lowest BCUT2D eigenvalue weighted by atomic mass is 9.99. The van der Waals surface area contributed by atoms with Crippen molar-refractivity contribution in [2.24, 2.45) is 0 Å². The molecule has 0 spiro atoms. The number of benzene rings is 2. The maximum atomic E-state index is 3.46. The number of piperazine rings is 1. The van der Waals surface area contributed by atoms with Gasteiger partial charge in [-0.15, -0.1) is 24.8 Å². The van der Waals surface area contributed by atoms with Crippen molar-refractivity contribution in [3.63, 3.8) is 0 Å². The van der Waals surface area contributed by atoms with Gasteiger partial charge in [0.1, 0.15) is 0 Å². The summed E-state index contributed by atoms with van der Waals surface area (Å²) in [6.07, 6.45) is 1.16. The summed E-state index contributed by atoms with van der Waals surface area (Å²) < 4.78 is 2.43. The third-order valence-electron chi connectivity index (χ3n) is 5.48. The van der Waals surface area contributed by atoms with Gasteiger partial charge in [-0.3, -0.25) is 4.90 Å². The lowest BCUT2D eigenvalue weighted by Crippen LogP contribution is -2.45. The molecule has 2 heterocycles. The molecule has 2 aromatic carbocycles. The molecule has 3 nitrogen and oxygen atoms in total. The lowest BCUT2D eigenvalue weighted by molar-refractivity contribution is 0.169. The van der Waals surface area contributed by atoms with Crippen LogP contribution in [0.4, 0.5) is 0 Å².